The Hall–Kier alpha value is -3.29. The van der Waals surface area contributed by atoms with Gasteiger partial charge in [0, 0.05) is 0 Å². The average Bonchev–Trinajstić information content (AvgIpc) is 3.11. The minimum atomic E-state index is -0.330. The summed E-state index contributed by atoms with van der Waals surface area (Å²) < 4.78 is 19.9. The molecule has 0 aliphatic rings. The SMILES string of the molecule is CCOc1ccc(-n2nnnc2CNC(=O)Cc2ccc(F)cc2)cc1. The summed E-state index contributed by atoms with van der Waals surface area (Å²) in [6.45, 7) is 2.69. The van der Waals surface area contributed by atoms with Gasteiger partial charge in [-0.3, -0.25) is 4.79 Å². The van der Waals surface area contributed by atoms with Crippen molar-refractivity contribution in [3.05, 3.63) is 65.7 Å². The largest absolute Gasteiger partial charge is 0.494 e. The maximum absolute atomic E-state index is 12.9. The third-order valence-electron chi connectivity index (χ3n) is 3.65. The second-order valence-corrected chi connectivity index (χ2v) is 5.51. The lowest BCUT2D eigenvalue weighted by Gasteiger charge is -2.08. The van der Waals surface area contributed by atoms with Crippen molar-refractivity contribution in [1.82, 2.24) is 25.5 Å². The number of nitrogens with zero attached hydrogens (tertiary/aromatic N) is 4. The number of tetrazole rings is 1. The van der Waals surface area contributed by atoms with Gasteiger partial charge in [0.2, 0.25) is 5.91 Å². The van der Waals surface area contributed by atoms with Gasteiger partial charge in [-0.15, -0.1) is 5.10 Å². The van der Waals surface area contributed by atoms with Crippen LogP contribution in [-0.4, -0.2) is 32.7 Å². The molecule has 1 N–H and O–H groups in total. The Morgan fingerprint density at radius 2 is 1.88 bits per heavy atom. The zero-order valence-electron chi connectivity index (χ0n) is 14.2. The fourth-order valence-electron chi connectivity index (χ4n) is 2.39. The molecule has 0 spiro atoms. The Balaban J connectivity index is 1.61. The number of rotatable bonds is 7. The van der Waals surface area contributed by atoms with E-state index >= 15 is 0 Å². The molecule has 1 aromatic heterocycles. The monoisotopic (exact) mass is 355 g/mol. The van der Waals surface area contributed by atoms with Crippen LogP contribution in [-0.2, 0) is 17.8 Å². The highest BCUT2D eigenvalue weighted by Crippen LogP contribution is 2.15. The van der Waals surface area contributed by atoms with E-state index in [1.807, 2.05) is 31.2 Å². The average molecular weight is 355 g/mol. The van der Waals surface area contributed by atoms with Crippen LogP contribution in [0.15, 0.2) is 48.5 Å². The lowest BCUT2D eigenvalue weighted by molar-refractivity contribution is -0.120. The van der Waals surface area contributed by atoms with Crippen molar-refractivity contribution in [2.24, 2.45) is 0 Å². The number of ether oxygens (including phenoxy) is 1. The van der Waals surface area contributed by atoms with Gasteiger partial charge in [0.15, 0.2) is 5.82 Å². The van der Waals surface area contributed by atoms with Gasteiger partial charge in [-0.2, -0.15) is 4.68 Å². The highest BCUT2D eigenvalue weighted by atomic mass is 19.1. The normalized spacial score (nSPS) is 10.5. The first-order valence-electron chi connectivity index (χ1n) is 8.17. The van der Waals surface area contributed by atoms with Crippen molar-refractivity contribution < 1.29 is 13.9 Å². The van der Waals surface area contributed by atoms with Crippen LogP contribution in [0.25, 0.3) is 5.69 Å². The Kier molecular flexibility index (Phi) is 5.52. The molecule has 1 amide bonds. The highest BCUT2D eigenvalue weighted by Gasteiger charge is 2.10. The number of carbonyl (C=O) groups is 1. The molecule has 0 atom stereocenters. The third-order valence-corrected chi connectivity index (χ3v) is 3.65. The molecule has 7 nitrogen and oxygen atoms in total. The van der Waals surface area contributed by atoms with E-state index in [4.69, 9.17) is 4.74 Å². The second kappa shape index (κ2) is 8.19. The maximum atomic E-state index is 12.9. The molecule has 0 aliphatic carbocycles. The first-order valence-corrected chi connectivity index (χ1v) is 8.17. The van der Waals surface area contributed by atoms with E-state index in [9.17, 15) is 9.18 Å². The number of hydrogen-bond acceptors (Lipinski definition) is 5. The predicted octanol–water partition coefficient (Wildman–Crippen LogP) is 2.06. The zero-order valence-corrected chi connectivity index (χ0v) is 14.2. The van der Waals surface area contributed by atoms with Crippen LogP contribution < -0.4 is 10.1 Å². The maximum Gasteiger partial charge on any atom is 0.224 e. The van der Waals surface area contributed by atoms with Gasteiger partial charge >= 0.3 is 0 Å². The van der Waals surface area contributed by atoms with Gasteiger partial charge in [-0.25, -0.2) is 4.39 Å². The van der Waals surface area contributed by atoms with Crippen LogP contribution in [0, 0.1) is 5.82 Å². The second-order valence-electron chi connectivity index (χ2n) is 5.51. The summed E-state index contributed by atoms with van der Waals surface area (Å²) in [6.07, 6.45) is 0.158. The molecule has 8 heteroatoms. The summed E-state index contributed by atoms with van der Waals surface area (Å²) in [5, 5.41) is 14.3. The van der Waals surface area contributed by atoms with E-state index in [1.165, 1.54) is 12.1 Å². The van der Waals surface area contributed by atoms with E-state index in [1.54, 1.807) is 16.8 Å². The van der Waals surface area contributed by atoms with Crippen molar-refractivity contribution >= 4 is 5.91 Å². The lowest BCUT2D eigenvalue weighted by atomic mass is 10.1. The lowest BCUT2D eigenvalue weighted by Crippen LogP contribution is -2.26. The van der Waals surface area contributed by atoms with Crippen LogP contribution in [0.2, 0.25) is 0 Å². The van der Waals surface area contributed by atoms with Crippen molar-refractivity contribution in [2.75, 3.05) is 6.61 Å². The Morgan fingerprint density at radius 1 is 1.15 bits per heavy atom. The predicted molar refractivity (Wildman–Crippen MR) is 92.3 cm³/mol. The molecule has 0 unspecified atom stereocenters. The molecule has 134 valence electrons. The first-order chi connectivity index (χ1) is 12.7. The molecule has 1 heterocycles. The van der Waals surface area contributed by atoms with Crippen LogP contribution in [0.4, 0.5) is 4.39 Å². The molecule has 3 rings (SSSR count). The number of carbonyl (C=O) groups excluding carboxylic acids is 1. The molecule has 0 fully saturated rings. The highest BCUT2D eigenvalue weighted by molar-refractivity contribution is 5.78. The first kappa shape index (κ1) is 17.5. The molecular weight excluding hydrogens is 337 g/mol. The van der Waals surface area contributed by atoms with Crippen LogP contribution in [0.3, 0.4) is 0 Å². The number of benzene rings is 2. The molecule has 2 aromatic carbocycles. The van der Waals surface area contributed by atoms with Crippen LogP contribution in [0.5, 0.6) is 5.75 Å². The number of amides is 1. The summed E-state index contributed by atoms with van der Waals surface area (Å²) in [5.74, 6) is 0.738. The molecule has 0 aliphatic heterocycles. The van der Waals surface area contributed by atoms with Crippen LogP contribution in [0.1, 0.15) is 18.3 Å². The zero-order chi connectivity index (χ0) is 18.4. The van der Waals surface area contributed by atoms with E-state index < -0.39 is 0 Å². The smallest absolute Gasteiger partial charge is 0.224 e. The quantitative estimate of drug-likeness (QED) is 0.701. The van der Waals surface area contributed by atoms with Crippen molar-refractivity contribution in [1.29, 1.82) is 0 Å². The minimum Gasteiger partial charge on any atom is -0.494 e. The van der Waals surface area contributed by atoms with E-state index in [0.29, 0.717) is 12.4 Å². The molecule has 0 saturated carbocycles. The van der Waals surface area contributed by atoms with Gasteiger partial charge in [-0.1, -0.05) is 12.1 Å². The number of nitrogens with one attached hydrogen (secondary N) is 1. The molecule has 0 bridgehead atoms. The standard InChI is InChI=1S/C18H18FN5O2/c1-2-26-16-9-7-15(8-10-16)24-17(21-22-23-24)12-20-18(25)11-13-3-5-14(19)6-4-13/h3-10H,2,11-12H2,1H3,(H,20,25). The Morgan fingerprint density at radius 3 is 2.58 bits per heavy atom. The molecular formula is C18H18FN5O2. The fraction of sp³-hybridized carbons (Fsp3) is 0.222. The van der Waals surface area contributed by atoms with Gasteiger partial charge in [-0.05, 0) is 59.3 Å². The Labute approximate surface area is 149 Å². The number of hydrogen-bond donors (Lipinski definition) is 1. The summed E-state index contributed by atoms with van der Waals surface area (Å²) in [6, 6.07) is 13.2. The third kappa shape index (κ3) is 4.41. The molecule has 3 aromatic rings. The van der Waals surface area contributed by atoms with E-state index in [-0.39, 0.29) is 24.7 Å². The number of halogens is 1. The number of aromatic nitrogens is 4. The van der Waals surface area contributed by atoms with E-state index in [0.717, 1.165) is 17.0 Å². The molecule has 26 heavy (non-hydrogen) atoms. The van der Waals surface area contributed by atoms with Crippen molar-refractivity contribution in [3.8, 4) is 11.4 Å². The summed E-state index contributed by atoms with van der Waals surface area (Å²) in [4.78, 5) is 12.1. The van der Waals surface area contributed by atoms with Gasteiger partial charge in [0.1, 0.15) is 11.6 Å². The molecule has 0 saturated heterocycles. The van der Waals surface area contributed by atoms with Crippen molar-refractivity contribution in [3.63, 3.8) is 0 Å². The van der Waals surface area contributed by atoms with Crippen molar-refractivity contribution in [2.45, 2.75) is 19.9 Å². The van der Waals surface area contributed by atoms with Gasteiger partial charge in [0.25, 0.3) is 0 Å². The van der Waals surface area contributed by atoms with E-state index in [2.05, 4.69) is 20.8 Å². The Bertz CT molecular complexity index is 862. The van der Waals surface area contributed by atoms with Gasteiger partial charge in [0.05, 0.1) is 25.3 Å². The summed E-state index contributed by atoms with van der Waals surface area (Å²) in [7, 11) is 0. The summed E-state index contributed by atoms with van der Waals surface area (Å²) in [5.41, 5.74) is 1.50. The van der Waals surface area contributed by atoms with Gasteiger partial charge < -0.3 is 10.1 Å². The molecule has 0 radical (unpaired) electrons. The minimum absolute atomic E-state index is 0.158. The fourth-order valence-corrected chi connectivity index (χ4v) is 2.39. The summed E-state index contributed by atoms with van der Waals surface area (Å²) >= 11 is 0. The topological polar surface area (TPSA) is 81.9 Å². The van der Waals surface area contributed by atoms with Crippen LogP contribution >= 0.6 is 0 Å².